The first kappa shape index (κ1) is 21.1. The smallest absolute Gasteiger partial charge is 0.163 e. The van der Waals surface area contributed by atoms with E-state index in [0.717, 1.165) is 16.5 Å². The molecular formula is C23H25N3O4. The first-order valence-corrected chi connectivity index (χ1v) is 9.72. The van der Waals surface area contributed by atoms with Crippen LogP contribution in [0.25, 0.3) is 10.9 Å². The van der Waals surface area contributed by atoms with Crippen LogP contribution in [0.2, 0.25) is 0 Å². The topological polar surface area (TPSA) is 85.6 Å². The van der Waals surface area contributed by atoms with Crippen LogP contribution in [0.15, 0.2) is 36.5 Å². The normalized spacial score (nSPS) is 10.4. The lowest BCUT2D eigenvalue weighted by molar-refractivity contribution is 0.288. The van der Waals surface area contributed by atoms with Crippen LogP contribution in [0.5, 0.6) is 23.0 Å². The Morgan fingerprint density at radius 3 is 2.27 bits per heavy atom. The minimum Gasteiger partial charge on any atom is -0.493 e. The minimum atomic E-state index is 0.453. The van der Waals surface area contributed by atoms with Crippen molar-refractivity contribution >= 4 is 16.6 Å². The number of hydrogen-bond acceptors (Lipinski definition) is 7. The summed E-state index contributed by atoms with van der Waals surface area (Å²) in [6.07, 6.45) is 1.56. The number of benzene rings is 2. The highest BCUT2D eigenvalue weighted by molar-refractivity contribution is 5.96. The van der Waals surface area contributed by atoms with Crippen LogP contribution >= 0.6 is 0 Å². The second-order valence-corrected chi connectivity index (χ2v) is 6.38. The molecule has 0 spiro atoms. The van der Waals surface area contributed by atoms with Crippen molar-refractivity contribution in [1.29, 1.82) is 5.26 Å². The Kier molecular flexibility index (Phi) is 6.81. The predicted octanol–water partition coefficient (Wildman–Crippen LogP) is 4.53. The van der Waals surface area contributed by atoms with E-state index in [4.69, 9.17) is 18.9 Å². The molecule has 0 saturated heterocycles. The zero-order valence-electron chi connectivity index (χ0n) is 17.6. The molecule has 0 aliphatic rings. The predicted molar refractivity (Wildman–Crippen MR) is 116 cm³/mol. The maximum Gasteiger partial charge on any atom is 0.163 e. The second-order valence-electron chi connectivity index (χ2n) is 6.38. The number of aromatic nitrogens is 1. The van der Waals surface area contributed by atoms with Crippen LogP contribution in [0.1, 0.15) is 25.0 Å². The van der Waals surface area contributed by atoms with E-state index >= 15 is 0 Å². The van der Waals surface area contributed by atoms with Gasteiger partial charge in [-0.15, -0.1) is 0 Å². The van der Waals surface area contributed by atoms with E-state index in [-0.39, 0.29) is 0 Å². The van der Waals surface area contributed by atoms with Crippen LogP contribution in [-0.4, -0.2) is 32.4 Å². The third-order valence-corrected chi connectivity index (χ3v) is 4.57. The molecular weight excluding hydrogens is 382 g/mol. The van der Waals surface area contributed by atoms with Crippen LogP contribution in [0, 0.1) is 11.3 Å². The molecule has 7 nitrogen and oxygen atoms in total. The fourth-order valence-electron chi connectivity index (χ4n) is 3.19. The van der Waals surface area contributed by atoms with E-state index in [1.807, 2.05) is 44.2 Å². The van der Waals surface area contributed by atoms with E-state index in [9.17, 15) is 5.26 Å². The minimum absolute atomic E-state index is 0.453. The summed E-state index contributed by atoms with van der Waals surface area (Å²) in [5.74, 6) is 2.57. The van der Waals surface area contributed by atoms with Gasteiger partial charge in [0, 0.05) is 24.2 Å². The van der Waals surface area contributed by atoms with Gasteiger partial charge in [0.2, 0.25) is 0 Å². The highest BCUT2D eigenvalue weighted by Gasteiger charge is 2.15. The molecule has 2 aromatic carbocycles. The highest BCUT2D eigenvalue weighted by Crippen LogP contribution is 2.36. The Balaban J connectivity index is 2.01. The Bertz CT molecular complexity index is 1080. The molecule has 0 unspecified atom stereocenters. The van der Waals surface area contributed by atoms with Crippen molar-refractivity contribution in [1.82, 2.24) is 4.98 Å². The number of ether oxygens (including phenoxy) is 4. The molecule has 0 fully saturated rings. The molecule has 1 N–H and O–H groups in total. The Morgan fingerprint density at radius 2 is 1.63 bits per heavy atom. The molecule has 3 rings (SSSR count). The van der Waals surface area contributed by atoms with Gasteiger partial charge in [0.15, 0.2) is 23.0 Å². The number of methoxy groups -OCH3 is 2. The molecule has 0 aliphatic carbocycles. The van der Waals surface area contributed by atoms with Crippen LogP contribution in [-0.2, 0) is 6.54 Å². The summed E-state index contributed by atoms with van der Waals surface area (Å²) >= 11 is 0. The number of nitrogens with one attached hydrogen (secondary N) is 1. The van der Waals surface area contributed by atoms with E-state index in [2.05, 4.69) is 16.4 Å². The fourth-order valence-corrected chi connectivity index (χ4v) is 3.19. The molecule has 0 radical (unpaired) electrons. The fraction of sp³-hybridized carbons (Fsp3) is 0.304. The Labute approximate surface area is 176 Å². The zero-order valence-corrected chi connectivity index (χ0v) is 17.6. The zero-order chi connectivity index (χ0) is 21.5. The maximum absolute atomic E-state index is 9.61. The van der Waals surface area contributed by atoms with Crippen molar-refractivity contribution < 1.29 is 18.9 Å². The Morgan fingerprint density at radius 1 is 0.933 bits per heavy atom. The number of fused-ring (bicyclic) bond motifs is 1. The molecule has 1 aromatic heterocycles. The average molecular weight is 407 g/mol. The lowest BCUT2D eigenvalue weighted by Crippen LogP contribution is -2.05. The molecule has 156 valence electrons. The summed E-state index contributed by atoms with van der Waals surface area (Å²) < 4.78 is 22.1. The molecule has 0 atom stereocenters. The van der Waals surface area contributed by atoms with E-state index in [1.165, 1.54) is 0 Å². The lowest BCUT2D eigenvalue weighted by atomic mass is 10.1. The quantitative estimate of drug-likeness (QED) is 0.557. The van der Waals surface area contributed by atoms with Crippen molar-refractivity contribution in [3.8, 4) is 29.1 Å². The molecule has 3 aromatic rings. The third kappa shape index (κ3) is 4.33. The maximum atomic E-state index is 9.61. The van der Waals surface area contributed by atoms with Crippen LogP contribution < -0.4 is 24.3 Å². The molecule has 7 heteroatoms. The summed E-state index contributed by atoms with van der Waals surface area (Å²) in [6, 6.07) is 11.6. The number of anilines is 1. The number of nitrogens with zero attached hydrogens (tertiary/aromatic N) is 2. The van der Waals surface area contributed by atoms with Gasteiger partial charge < -0.3 is 24.3 Å². The van der Waals surface area contributed by atoms with E-state index < -0.39 is 0 Å². The van der Waals surface area contributed by atoms with Crippen molar-refractivity contribution in [2.75, 3.05) is 32.8 Å². The average Bonchev–Trinajstić information content (AvgIpc) is 2.77. The van der Waals surface area contributed by atoms with Crippen LogP contribution in [0.4, 0.5) is 5.69 Å². The highest BCUT2D eigenvalue weighted by atomic mass is 16.5. The summed E-state index contributed by atoms with van der Waals surface area (Å²) in [4.78, 5) is 4.43. The number of nitriles is 1. The molecule has 0 bridgehead atoms. The van der Waals surface area contributed by atoms with Gasteiger partial charge in [-0.05, 0) is 37.6 Å². The number of pyridine rings is 1. The summed E-state index contributed by atoms with van der Waals surface area (Å²) in [7, 11) is 3.20. The molecule has 0 amide bonds. The van der Waals surface area contributed by atoms with Gasteiger partial charge in [0.05, 0.1) is 44.2 Å². The summed E-state index contributed by atoms with van der Waals surface area (Å²) in [5, 5.41) is 13.8. The SMILES string of the molecule is CCOc1cc2ncc(C#N)c(NCc3ccc(OC)c(OC)c3)c2cc1OCC. The van der Waals surface area contributed by atoms with Gasteiger partial charge in [-0.25, -0.2) is 0 Å². The van der Waals surface area contributed by atoms with Crippen molar-refractivity contribution in [3.05, 3.63) is 47.7 Å². The van der Waals surface area contributed by atoms with Gasteiger partial charge >= 0.3 is 0 Å². The lowest BCUT2D eigenvalue weighted by Gasteiger charge is -2.16. The molecule has 0 aliphatic heterocycles. The number of hydrogen-bond donors (Lipinski definition) is 1. The first-order valence-electron chi connectivity index (χ1n) is 9.72. The van der Waals surface area contributed by atoms with Gasteiger partial charge in [0.25, 0.3) is 0 Å². The van der Waals surface area contributed by atoms with Crippen molar-refractivity contribution in [2.24, 2.45) is 0 Å². The summed E-state index contributed by atoms with van der Waals surface area (Å²) in [5.41, 5.74) is 2.85. The van der Waals surface area contributed by atoms with E-state index in [0.29, 0.717) is 54.0 Å². The van der Waals surface area contributed by atoms with Crippen molar-refractivity contribution in [2.45, 2.75) is 20.4 Å². The van der Waals surface area contributed by atoms with Crippen molar-refractivity contribution in [3.63, 3.8) is 0 Å². The molecule has 0 saturated carbocycles. The molecule has 30 heavy (non-hydrogen) atoms. The molecule has 1 heterocycles. The van der Waals surface area contributed by atoms with E-state index in [1.54, 1.807) is 20.4 Å². The Hall–Kier alpha value is -3.66. The standard InChI is InChI=1S/C23H25N3O4/c1-5-29-21-10-17-18(11-22(21)30-6-2)25-14-16(12-24)23(17)26-13-15-7-8-19(27-3)20(9-15)28-4/h7-11,14H,5-6,13H2,1-4H3,(H,25,26). The van der Waals surface area contributed by atoms with Gasteiger partial charge in [-0.2, -0.15) is 5.26 Å². The van der Waals surface area contributed by atoms with Gasteiger partial charge in [0.1, 0.15) is 6.07 Å². The van der Waals surface area contributed by atoms with Crippen LogP contribution in [0.3, 0.4) is 0 Å². The summed E-state index contributed by atoms with van der Waals surface area (Å²) in [6.45, 7) is 5.35. The third-order valence-electron chi connectivity index (χ3n) is 4.57. The van der Waals surface area contributed by atoms with Gasteiger partial charge in [-0.3, -0.25) is 4.98 Å². The monoisotopic (exact) mass is 407 g/mol. The van der Waals surface area contributed by atoms with Gasteiger partial charge in [-0.1, -0.05) is 6.07 Å². The second kappa shape index (κ2) is 9.70. The largest absolute Gasteiger partial charge is 0.493 e. The first-order chi connectivity index (χ1) is 14.6. The number of rotatable bonds is 9.